The highest BCUT2D eigenvalue weighted by molar-refractivity contribution is 5.78. The lowest BCUT2D eigenvalue weighted by Gasteiger charge is -2.33. The first-order valence-corrected chi connectivity index (χ1v) is 8.02. The molecule has 2 rings (SSSR count). The van der Waals surface area contributed by atoms with E-state index in [9.17, 15) is 9.90 Å². The van der Waals surface area contributed by atoms with E-state index in [1.54, 1.807) is 6.92 Å². The van der Waals surface area contributed by atoms with Crippen LogP contribution in [0.15, 0.2) is 11.6 Å². The number of hydrogen-bond acceptors (Lipinski definition) is 4. The molecule has 1 heterocycles. The maximum atomic E-state index is 12.0. The van der Waals surface area contributed by atoms with Crippen molar-refractivity contribution in [2.75, 3.05) is 39.4 Å². The summed E-state index contributed by atoms with van der Waals surface area (Å²) in [6.07, 6.45) is 7.23. The first-order valence-electron chi connectivity index (χ1n) is 8.02. The lowest BCUT2D eigenvalue weighted by Crippen LogP contribution is -2.51. The first-order chi connectivity index (χ1) is 10.1. The molecule has 1 atom stereocenters. The zero-order valence-corrected chi connectivity index (χ0v) is 13.1. The van der Waals surface area contributed by atoms with Crippen molar-refractivity contribution in [3.63, 3.8) is 0 Å². The Kier molecular flexibility index (Phi) is 6.21. The van der Waals surface area contributed by atoms with E-state index in [1.807, 2.05) is 0 Å². The van der Waals surface area contributed by atoms with Crippen molar-refractivity contribution in [3.8, 4) is 0 Å². The van der Waals surface area contributed by atoms with Crippen LogP contribution in [-0.4, -0.2) is 60.9 Å². The third-order valence-corrected chi connectivity index (χ3v) is 4.11. The second kappa shape index (κ2) is 7.92. The number of allylic oxidation sites excluding steroid dienone is 1. The molecule has 0 unspecified atom stereocenters. The summed E-state index contributed by atoms with van der Waals surface area (Å²) in [6, 6.07) is 0. The number of aliphatic hydroxyl groups is 1. The number of ether oxygens (including phenoxy) is 1. The van der Waals surface area contributed by atoms with Gasteiger partial charge in [-0.05, 0) is 32.6 Å². The lowest BCUT2D eigenvalue weighted by atomic mass is 9.97. The van der Waals surface area contributed by atoms with Gasteiger partial charge in [-0.25, -0.2) is 0 Å². The molecule has 0 aromatic heterocycles. The highest BCUT2D eigenvalue weighted by atomic mass is 16.5. The summed E-state index contributed by atoms with van der Waals surface area (Å²) in [4.78, 5) is 14.1. The van der Waals surface area contributed by atoms with E-state index in [0.717, 1.165) is 39.1 Å². The lowest BCUT2D eigenvalue weighted by molar-refractivity contribution is -0.122. The van der Waals surface area contributed by atoms with Crippen molar-refractivity contribution < 1.29 is 14.6 Å². The molecule has 0 saturated carbocycles. The summed E-state index contributed by atoms with van der Waals surface area (Å²) in [5.74, 6) is 0.0189. The SMILES string of the molecule is C[C@@](O)(CNC(=O)CC1=CCCCC1)CN1CCOCC1. The number of amides is 1. The maximum absolute atomic E-state index is 12.0. The number of β-amino-alcohol motifs (C(OH)–C–C–N with tert-alkyl or cyclic N) is 1. The molecule has 0 radical (unpaired) electrons. The van der Waals surface area contributed by atoms with E-state index in [-0.39, 0.29) is 5.91 Å². The molecule has 0 spiro atoms. The van der Waals surface area contributed by atoms with Crippen LogP contribution in [0, 0.1) is 0 Å². The van der Waals surface area contributed by atoms with Gasteiger partial charge in [0.25, 0.3) is 0 Å². The van der Waals surface area contributed by atoms with Gasteiger partial charge in [-0.2, -0.15) is 0 Å². The Morgan fingerprint density at radius 2 is 2.19 bits per heavy atom. The van der Waals surface area contributed by atoms with Gasteiger partial charge in [0.05, 0.1) is 18.8 Å². The third-order valence-electron chi connectivity index (χ3n) is 4.11. The van der Waals surface area contributed by atoms with Crippen molar-refractivity contribution in [2.45, 2.75) is 44.6 Å². The van der Waals surface area contributed by atoms with Gasteiger partial charge < -0.3 is 15.2 Å². The van der Waals surface area contributed by atoms with Crippen LogP contribution in [0.4, 0.5) is 0 Å². The molecule has 2 aliphatic rings. The Labute approximate surface area is 127 Å². The smallest absolute Gasteiger partial charge is 0.224 e. The Balaban J connectivity index is 1.69. The van der Waals surface area contributed by atoms with Crippen LogP contribution in [0.1, 0.15) is 39.0 Å². The fourth-order valence-electron chi connectivity index (χ4n) is 2.92. The second-order valence-electron chi connectivity index (χ2n) is 6.45. The largest absolute Gasteiger partial charge is 0.387 e. The number of morpholine rings is 1. The van der Waals surface area contributed by atoms with Gasteiger partial charge in [-0.15, -0.1) is 0 Å². The van der Waals surface area contributed by atoms with E-state index in [0.29, 0.717) is 19.5 Å². The average Bonchev–Trinajstić information content (AvgIpc) is 2.47. The highest BCUT2D eigenvalue weighted by Gasteiger charge is 2.25. The predicted octanol–water partition coefficient (Wildman–Crippen LogP) is 1.08. The molecule has 5 nitrogen and oxygen atoms in total. The average molecular weight is 296 g/mol. The molecular weight excluding hydrogens is 268 g/mol. The van der Waals surface area contributed by atoms with Gasteiger partial charge in [0.2, 0.25) is 5.91 Å². The number of nitrogens with one attached hydrogen (secondary N) is 1. The number of carbonyl (C=O) groups excluding carboxylic acids is 1. The van der Waals surface area contributed by atoms with Crippen LogP contribution in [0.5, 0.6) is 0 Å². The Morgan fingerprint density at radius 1 is 1.43 bits per heavy atom. The molecule has 2 N–H and O–H groups in total. The molecule has 1 amide bonds. The molecule has 1 aliphatic carbocycles. The molecule has 1 saturated heterocycles. The summed E-state index contributed by atoms with van der Waals surface area (Å²) in [5, 5.41) is 13.3. The predicted molar refractivity (Wildman–Crippen MR) is 82.1 cm³/mol. The van der Waals surface area contributed by atoms with E-state index in [4.69, 9.17) is 4.74 Å². The van der Waals surface area contributed by atoms with Crippen molar-refractivity contribution in [2.24, 2.45) is 0 Å². The van der Waals surface area contributed by atoms with Crippen LogP contribution >= 0.6 is 0 Å². The van der Waals surface area contributed by atoms with Gasteiger partial charge in [0, 0.05) is 32.6 Å². The molecule has 0 bridgehead atoms. The minimum absolute atomic E-state index is 0.0189. The standard InChI is InChI=1S/C16H28N2O3/c1-16(20,13-18-7-9-21-10-8-18)12-17-15(19)11-14-5-3-2-4-6-14/h5,20H,2-4,6-13H2,1H3,(H,17,19)/t16-/m1/s1. The molecule has 1 aliphatic heterocycles. The number of carbonyl (C=O) groups is 1. The number of hydrogen-bond donors (Lipinski definition) is 2. The van der Waals surface area contributed by atoms with Gasteiger partial charge in [0.1, 0.15) is 0 Å². The summed E-state index contributed by atoms with van der Waals surface area (Å²) < 4.78 is 5.30. The molecular formula is C16H28N2O3. The monoisotopic (exact) mass is 296 g/mol. The van der Waals surface area contributed by atoms with Crippen LogP contribution in [0.3, 0.4) is 0 Å². The molecule has 120 valence electrons. The Morgan fingerprint density at radius 3 is 2.86 bits per heavy atom. The van der Waals surface area contributed by atoms with E-state index in [2.05, 4.69) is 16.3 Å². The molecule has 21 heavy (non-hydrogen) atoms. The Hall–Kier alpha value is -0.910. The minimum Gasteiger partial charge on any atom is -0.387 e. The topological polar surface area (TPSA) is 61.8 Å². The van der Waals surface area contributed by atoms with Crippen LogP contribution in [0.2, 0.25) is 0 Å². The van der Waals surface area contributed by atoms with Gasteiger partial charge in [0.15, 0.2) is 0 Å². The molecule has 1 fully saturated rings. The van der Waals surface area contributed by atoms with Crippen LogP contribution in [-0.2, 0) is 9.53 Å². The van der Waals surface area contributed by atoms with Crippen molar-refractivity contribution in [1.82, 2.24) is 10.2 Å². The zero-order valence-electron chi connectivity index (χ0n) is 13.1. The normalized spacial score (nSPS) is 23.2. The fraction of sp³-hybridized carbons (Fsp3) is 0.812. The highest BCUT2D eigenvalue weighted by Crippen LogP contribution is 2.19. The van der Waals surface area contributed by atoms with Gasteiger partial charge >= 0.3 is 0 Å². The molecule has 0 aromatic carbocycles. The number of rotatable bonds is 6. The molecule has 5 heteroatoms. The fourth-order valence-corrected chi connectivity index (χ4v) is 2.92. The van der Waals surface area contributed by atoms with Crippen molar-refractivity contribution in [3.05, 3.63) is 11.6 Å². The van der Waals surface area contributed by atoms with Crippen LogP contribution in [0.25, 0.3) is 0 Å². The molecule has 0 aromatic rings. The van der Waals surface area contributed by atoms with Crippen molar-refractivity contribution >= 4 is 5.91 Å². The number of nitrogens with zero attached hydrogens (tertiary/aromatic N) is 1. The third kappa shape index (κ3) is 6.16. The van der Waals surface area contributed by atoms with Crippen molar-refractivity contribution in [1.29, 1.82) is 0 Å². The quantitative estimate of drug-likeness (QED) is 0.720. The van der Waals surface area contributed by atoms with Gasteiger partial charge in [-0.1, -0.05) is 11.6 Å². The summed E-state index contributed by atoms with van der Waals surface area (Å²) in [5.41, 5.74) is 0.347. The first kappa shape index (κ1) is 16.5. The van der Waals surface area contributed by atoms with Gasteiger partial charge in [-0.3, -0.25) is 9.69 Å². The summed E-state index contributed by atoms with van der Waals surface area (Å²) >= 11 is 0. The van der Waals surface area contributed by atoms with E-state index in [1.165, 1.54) is 18.4 Å². The second-order valence-corrected chi connectivity index (χ2v) is 6.45. The maximum Gasteiger partial charge on any atom is 0.224 e. The minimum atomic E-state index is -0.895. The zero-order chi connectivity index (χ0) is 15.1. The summed E-state index contributed by atoms with van der Waals surface area (Å²) in [7, 11) is 0. The Bertz CT molecular complexity index is 374. The summed E-state index contributed by atoms with van der Waals surface area (Å²) in [6.45, 7) is 5.78. The van der Waals surface area contributed by atoms with Crippen LogP contribution < -0.4 is 5.32 Å². The van der Waals surface area contributed by atoms with E-state index < -0.39 is 5.60 Å². The van der Waals surface area contributed by atoms with E-state index >= 15 is 0 Å².